The number of hydrogen-bond acceptors (Lipinski definition) is 6. The zero-order chi connectivity index (χ0) is 25.3. The first-order valence-electron chi connectivity index (χ1n) is 12.1. The van der Waals surface area contributed by atoms with Gasteiger partial charge in [0.1, 0.15) is 6.10 Å². The highest BCUT2D eigenvalue weighted by molar-refractivity contribution is 5.89. The van der Waals surface area contributed by atoms with Gasteiger partial charge in [0.15, 0.2) is 5.41 Å². The lowest BCUT2D eigenvalue weighted by Crippen LogP contribution is -2.59. The number of halogens is 3. The van der Waals surface area contributed by atoms with Crippen LogP contribution in [0.2, 0.25) is 0 Å². The Hall–Kier alpha value is -3.09. The van der Waals surface area contributed by atoms with Crippen LogP contribution in [-0.2, 0) is 15.7 Å². The minimum atomic E-state index is -4.55. The van der Waals surface area contributed by atoms with Gasteiger partial charge in [-0.15, -0.1) is 0 Å². The number of benzene rings is 1. The summed E-state index contributed by atoms with van der Waals surface area (Å²) in [6.07, 6.45) is 2.47. The summed E-state index contributed by atoms with van der Waals surface area (Å²) in [4.78, 5) is 0. The molecule has 184 valence electrons. The second-order valence-electron chi connectivity index (χ2n) is 9.73. The number of rotatable bonds is 1. The molecule has 1 aromatic carbocycles. The Balaban J connectivity index is 1.86. The lowest BCUT2D eigenvalue weighted by Gasteiger charge is -2.50. The number of hydrogen-bond donors (Lipinski definition) is 1. The first kappa shape index (κ1) is 25.0. The molecule has 0 radical (unpaired) electrons. The Labute approximate surface area is 202 Å². The first-order chi connectivity index (χ1) is 16.7. The Morgan fingerprint density at radius 3 is 1.97 bits per heavy atom. The van der Waals surface area contributed by atoms with Crippen molar-refractivity contribution in [1.29, 1.82) is 21.2 Å². The normalized spacial score (nSPS) is 33.0. The molecule has 0 amide bonds. The standard InChI is InChI=1S/C26H27F3N4O2/c27-26(28,29)19-12-10-18(11-13-19)21-23(15-30,16-31)24(17-32)20-9-7-5-3-1-2-4-6-8-14-25(20,34-21)35-22(24)33/h10-13,20-21,33H,1-9,14H2. The molecular weight excluding hydrogens is 457 g/mol. The molecule has 6 nitrogen and oxygen atoms in total. The summed E-state index contributed by atoms with van der Waals surface area (Å²) < 4.78 is 51.9. The Bertz CT molecular complexity index is 1080. The molecule has 1 aliphatic carbocycles. The van der Waals surface area contributed by atoms with Crippen LogP contribution in [0.3, 0.4) is 0 Å². The number of nitrogens with one attached hydrogen (secondary N) is 1. The second-order valence-corrected chi connectivity index (χ2v) is 9.73. The van der Waals surface area contributed by atoms with Crippen molar-refractivity contribution in [1.82, 2.24) is 0 Å². The van der Waals surface area contributed by atoms with E-state index in [-0.39, 0.29) is 5.56 Å². The molecule has 2 heterocycles. The minimum absolute atomic E-state index is 0.169. The molecule has 2 saturated heterocycles. The van der Waals surface area contributed by atoms with Crippen molar-refractivity contribution in [3.05, 3.63) is 35.4 Å². The van der Waals surface area contributed by atoms with Crippen LogP contribution >= 0.6 is 0 Å². The van der Waals surface area contributed by atoms with Crippen molar-refractivity contribution in [3.8, 4) is 18.2 Å². The van der Waals surface area contributed by atoms with Gasteiger partial charge in [-0.25, -0.2) is 0 Å². The minimum Gasteiger partial charge on any atom is -0.447 e. The van der Waals surface area contributed by atoms with Crippen molar-refractivity contribution in [3.63, 3.8) is 0 Å². The number of alkyl halides is 3. The predicted octanol–water partition coefficient (Wildman–Crippen LogP) is 6.55. The fourth-order valence-electron chi connectivity index (χ4n) is 6.07. The zero-order valence-corrected chi connectivity index (χ0v) is 19.3. The number of nitrogens with zero attached hydrogens (tertiary/aromatic N) is 3. The average Bonchev–Trinajstić information content (AvgIpc) is 3.01. The highest BCUT2D eigenvalue weighted by atomic mass is 19.4. The van der Waals surface area contributed by atoms with Crippen LogP contribution < -0.4 is 0 Å². The van der Waals surface area contributed by atoms with Gasteiger partial charge in [0.05, 0.1) is 29.7 Å². The zero-order valence-electron chi connectivity index (χ0n) is 19.3. The monoisotopic (exact) mass is 484 g/mol. The van der Waals surface area contributed by atoms with E-state index in [9.17, 15) is 29.0 Å². The second kappa shape index (κ2) is 9.17. The smallest absolute Gasteiger partial charge is 0.416 e. The van der Waals surface area contributed by atoms with E-state index in [2.05, 4.69) is 6.07 Å². The van der Waals surface area contributed by atoms with Gasteiger partial charge in [0.2, 0.25) is 17.1 Å². The lowest BCUT2D eigenvalue weighted by atomic mass is 9.52. The molecule has 1 aromatic rings. The Morgan fingerprint density at radius 1 is 0.857 bits per heavy atom. The third-order valence-corrected chi connectivity index (χ3v) is 7.86. The van der Waals surface area contributed by atoms with Crippen molar-refractivity contribution < 1.29 is 22.6 Å². The molecule has 4 atom stereocenters. The maximum Gasteiger partial charge on any atom is 0.416 e. The number of nitriles is 3. The van der Waals surface area contributed by atoms with E-state index in [1.54, 1.807) is 0 Å². The van der Waals surface area contributed by atoms with Gasteiger partial charge < -0.3 is 9.47 Å². The molecule has 4 rings (SSSR count). The van der Waals surface area contributed by atoms with E-state index >= 15 is 0 Å². The van der Waals surface area contributed by atoms with E-state index in [1.807, 2.05) is 12.1 Å². The molecular formula is C26H27F3N4O2. The summed E-state index contributed by atoms with van der Waals surface area (Å²) in [5, 5.41) is 39.9. The van der Waals surface area contributed by atoms with E-state index in [0.29, 0.717) is 19.3 Å². The average molecular weight is 485 g/mol. The van der Waals surface area contributed by atoms with Gasteiger partial charge in [-0.2, -0.15) is 29.0 Å². The molecule has 4 unspecified atom stereocenters. The molecule has 2 bridgehead atoms. The SMILES string of the molecule is N#CC1(C#N)C(c2ccc(C(F)(F)F)cc2)OC23CCCCCCCCCCC2C1(C#N)C(=N)O3. The summed E-state index contributed by atoms with van der Waals surface area (Å²) in [5.74, 6) is -2.56. The largest absolute Gasteiger partial charge is 0.447 e. The van der Waals surface area contributed by atoms with Crippen LogP contribution in [0.1, 0.15) is 81.4 Å². The van der Waals surface area contributed by atoms with Crippen molar-refractivity contribution in [2.45, 2.75) is 82.3 Å². The Morgan fingerprint density at radius 2 is 1.43 bits per heavy atom. The van der Waals surface area contributed by atoms with Gasteiger partial charge in [0.25, 0.3) is 0 Å². The first-order valence-corrected chi connectivity index (χ1v) is 12.1. The van der Waals surface area contributed by atoms with Crippen molar-refractivity contribution >= 4 is 5.90 Å². The summed E-state index contributed by atoms with van der Waals surface area (Å²) >= 11 is 0. The molecule has 9 heteroatoms. The molecule has 3 aliphatic rings. The van der Waals surface area contributed by atoms with Crippen LogP contribution in [0.25, 0.3) is 0 Å². The van der Waals surface area contributed by atoms with Crippen molar-refractivity contribution in [2.24, 2.45) is 16.7 Å². The molecule has 0 aromatic heterocycles. The number of ether oxygens (including phenoxy) is 2. The molecule has 2 aliphatic heterocycles. The third kappa shape index (κ3) is 3.76. The van der Waals surface area contributed by atoms with E-state index in [1.165, 1.54) is 12.1 Å². The van der Waals surface area contributed by atoms with Gasteiger partial charge in [-0.3, -0.25) is 5.41 Å². The Kier molecular flexibility index (Phi) is 6.56. The summed E-state index contributed by atoms with van der Waals surface area (Å²) in [7, 11) is 0. The summed E-state index contributed by atoms with van der Waals surface area (Å²) in [5.41, 5.74) is -4.77. The molecule has 1 N–H and O–H groups in total. The van der Waals surface area contributed by atoms with Gasteiger partial charge >= 0.3 is 6.18 Å². The highest BCUT2D eigenvalue weighted by Crippen LogP contribution is 2.68. The van der Waals surface area contributed by atoms with E-state index in [4.69, 9.17) is 14.9 Å². The highest BCUT2D eigenvalue weighted by Gasteiger charge is 2.79. The maximum atomic E-state index is 13.2. The molecule has 1 saturated carbocycles. The van der Waals surface area contributed by atoms with E-state index < -0.39 is 46.3 Å². The van der Waals surface area contributed by atoms with Crippen LogP contribution in [0.4, 0.5) is 13.2 Å². The van der Waals surface area contributed by atoms with Crippen LogP contribution in [0.15, 0.2) is 24.3 Å². The molecule has 35 heavy (non-hydrogen) atoms. The third-order valence-electron chi connectivity index (χ3n) is 7.86. The maximum absolute atomic E-state index is 13.2. The van der Waals surface area contributed by atoms with E-state index in [0.717, 1.165) is 57.1 Å². The van der Waals surface area contributed by atoms with Gasteiger partial charge in [-0.1, -0.05) is 57.1 Å². The van der Waals surface area contributed by atoms with Crippen LogP contribution in [0.5, 0.6) is 0 Å². The van der Waals surface area contributed by atoms with Crippen molar-refractivity contribution in [2.75, 3.05) is 0 Å². The predicted molar refractivity (Wildman–Crippen MR) is 118 cm³/mol. The quantitative estimate of drug-likeness (QED) is 0.485. The topological polar surface area (TPSA) is 114 Å². The fraction of sp³-hybridized carbons (Fsp3) is 0.615. The lowest BCUT2D eigenvalue weighted by molar-refractivity contribution is -0.287. The van der Waals surface area contributed by atoms with Gasteiger partial charge in [-0.05, 0) is 30.5 Å². The fourth-order valence-corrected chi connectivity index (χ4v) is 6.07. The molecule has 3 fully saturated rings. The summed E-state index contributed by atoms with van der Waals surface area (Å²) in [6, 6.07) is 10.2. The van der Waals surface area contributed by atoms with Gasteiger partial charge in [0, 0.05) is 6.42 Å². The summed E-state index contributed by atoms with van der Waals surface area (Å²) in [6.45, 7) is 0. The van der Waals surface area contributed by atoms with Crippen LogP contribution in [-0.4, -0.2) is 11.7 Å². The molecule has 0 spiro atoms. The van der Waals surface area contributed by atoms with Crippen LogP contribution in [0, 0.1) is 56.2 Å².